The van der Waals surface area contributed by atoms with Crippen LogP contribution in [0.25, 0.3) is 0 Å². The van der Waals surface area contributed by atoms with Gasteiger partial charge in [0.1, 0.15) is 0 Å². The lowest BCUT2D eigenvalue weighted by Crippen LogP contribution is -2.36. The average molecular weight is 289 g/mol. The highest BCUT2D eigenvalue weighted by molar-refractivity contribution is 6.05. The first-order valence-electron chi connectivity index (χ1n) is 6.92. The number of hydrogen-bond acceptors (Lipinski definition) is 3. The molecule has 1 saturated heterocycles. The van der Waals surface area contributed by atoms with E-state index in [-0.39, 0.29) is 36.3 Å². The Morgan fingerprint density at radius 2 is 1.86 bits per heavy atom. The number of carboxylic acid groups (broad SMARTS) is 1. The van der Waals surface area contributed by atoms with E-state index in [2.05, 4.69) is 0 Å². The molecule has 5 nitrogen and oxygen atoms in total. The molecule has 1 aliphatic heterocycles. The lowest BCUT2D eigenvalue weighted by atomic mass is 9.78. The Hall–Kier alpha value is -2.17. The van der Waals surface area contributed by atoms with E-state index in [9.17, 15) is 14.4 Å². The molecule has 2 amide bonds. The van der Waals surface area contributed by atoms with Gasteiger partial charge in [-0.15, -0.1) is 0 Å². The molecule has 1 aromatic rings. The van der Waals surface area contributed by atoms with Crippen molar-refractivity contribution in [2.24, 2.45) is 11.3 Å². The van der Waals surface area contributed by atoms with Crippen LogP contribution in [0.5, 0.6) is 0 Å². The number of benzene rings is 1. The Kier molecular flexibility index (Phi) is 3.85. The van der Waals surface area contributed by atoms with E-state index in [0.29, 0.717) is 0 Å². The Morgan fingerprint density at radius 3 is 2.29 bits per heavy atom. The van der Waals surface area contributed by atoms with Crippen molar-refractivity contribution >= 4 is 17.8 Å². The van der Waals surface area contributed by atoms with Crippen molar-refractivity contribution in [3.05, 3.63) is 35.4 Å². The van der Waals surface area contributed by atoms with Crippen molar-refractivity contribution in [1.29, 1.82) is 0 Å². The maximum Gasteiger partial charge on any atom is 0.335 e. The van der Waals surface area contributed by atoms with Gasteiger partial charge in [0.15, 0.2) is 0 Å². The maximum absolute atomic E-state index is 12.5. The normalized spacial score (nSPS) is 22.2. The minimum Gasteiger partial charge on any atom is -0.478 e. The number of aromatic carboxylic acids is 1. The second-order valence-electron chi connectivity index (χ2n) is 6.04. The molecule has 1 atom stereocenters. The van der Waals surface area contributed by atoms with Gasteiger partial charge in [-0.05, 0) is 30.5 Å². The number of likely N-dealkylation sites (tertiary alicyclic amines) is 1. The van der Waals surface area contributed by atoms with E-state index in [1.807, 2.05) is 20.8 Å². The summed E-state index contributed by atoms with van der Waals surface area (Å²) in [6, 6.07) is 6.22. The number of carbonyl (C=O) groups excluding carboxylic acids is 2. The van der Waals surface area contributed by atoms with Gasteiger partial charge in [0.2, 0.25) is 11.8 Å². The highest BCUT2D eigenvalue weighted by atomic mass is 16.4. The Bertz CT molecular complexity index is 591. The summed E-state index contributed by atoms with van der Waals surface area (Å²) in [5, 5.41) is 8.86. The third-order valence-corrected chi connectivity index (χ3v) is 4.37. The minimum absolute atomic E-state index is 0.0911. The molecule has 0 spiro atoms. The monoisotopic (exact) mass is 289 g/mol. The van der Waals surface area contributed by atoms with Crippen LogP contribution in [0.2, 0.25) is 0 Å². The standard InChI is InChI=1S/C16H19NO4/c1-10(2)16(3)8-13(18)17(15(16)21)9-11-4-6-12(7-5-11)14(19)20/h4-7,10H,8-9H2,1-3H3,(H,19,20). The first kappa shape index (κ1) is 15.2. The largest absolute Gasteiger partial charge is 0.478 e. The summed E-state index contributed by atoms with van der Waals surface area (Å²) in [5.41, 5.74) is 0.289. The number of rotatable bonds is 4. The van der Waals surface area contributed by atoms with Gasteiger partial charge in [-0.1, -0.05) is 26.0 Å². The van der Waals surface area contributed by atoms with Gasteiger partial charge in [-0.2, -0.15) is 0 Å². The van der Waals surface area contributed by atoms with Gasteiger partial charge in [-0.3, -0.25) is 14.5 Å². The fourth-order valence-corrected chi connectivity index (χ4v) is 2.45. The molecule has 1 aliphatic rings. The molecule has 0 radical (unpaired) electrons. The van der Waals surface area contributed by atoms with E-state index < -0.39 is 11.4 Å². The molecule has 1 heterocycles. The molecule has 5 heteroatoms. The second kappa shape index (κ2) is 5.31. The Balaban J connectivity index is 2.18. The van der Waals surface area contributed by atoms with Crippen LogP contribution in [-0.2, 0) is 16.1 Å². The van der Waals surface area contributed by atoms with Crippen molar-refractivity contribution in [2.75, 3.05) is 0 Å². The van der Waals surface area contributed by atoms with Crippen LogP contribution in [0.1, 0.15) is 43.1 Å². The maximum atomic E-state index is 12.5. The molecular weight excluding hydrogens is 270 g/mol. The van der Waals surface area contributed by atoms with Crippen LogP contribution >= 0.6 is 0 Å². The Morgan fingerprint density at radius 1 is 1.29 bits per heavy atom. The summed E-state index contributed by atoms with van der Waals surface area (Å²) >= 11 is 0. The molecule has 1 aromatic carbocycles. The summed E-state index contributed by atoms with van der Waals surface area (Å²) < 4.78 is 0. The van der Waals surface area contributed by atoms with Crippen molar-refractivity contribution < 1.29 is 19.5 Å². The van der Waals surface area contributed by atoms with Gasteiger partial charge in [0.25, 0.3) is 0 Å². The molecule has 0 bridgehead atoms. The topological polar surface area (TPSA) is 74.7 Å². The van der Waals surface area contributed by atoms with Crippen LogP contribution in [-0.4, -0.2) is 27.8 Å². The van der Waals surface area contributed by atoms with E-state index in [0.717, 1.165) is 5.56 Å². The summed E-state index contributed by atoms with van der Waals surface area (Å²) in [7, 11) is 0. The highest BCUT2D eigenvalue weighted by Gasteiger charge is 2.49. The van der Waals surface area contributed by atoms with E-state index in [1.54, 1.807) is 12.1 Å². The molecule has 1 unspecified atom stereocenters. The summed E-state index contributed by atoms with van der Waals surface area (Å²) in [5.74, 6) is -1.22. The molecule has 0 aromatic heterocycles. The highest BCUT2D eigenvalue weighted by Crippen LogP contribution is 2.39. The van der Waals surface area contributed by atoms with Gasteiger partial charge in [0.05, 0.1) is 17.5 Å². The average Bonchev–Trinajstić information content (AvgIpc) is 2.64. The lowest BCUT2D eigenvalue weighted by molar-refractivity contribution is -0.142. The van der Waals surface area contributed by atoms with Crippen LogP contribution < -0.4 is 0 Å². The molecule has 112 valence electrons. The number of carbonyl (C=O) groups is 3. The number of imide groups is 1. The zero-order valence-electron chi connectivity index (χ0n) is 12.4. The van der Waals surface area contributed by atoms with Crippen molar-refractivity contribution in [1.82, 2.24) is 4.90 Å². The summed E-state index contributed by atoms with van der Waals surface area (Å²) in [6.45, 7) is 5.90. The first-order chi connectivity index (χ1) is 9.75. The lowest BCUT2D eigenvalue weighted by Gasteiger charge is -2.26. The zero-order valence-corrected chi connectivity index (χ0v) is 12.4. The molecule has 1 N–H and O–H groups in total. The van der Waals surface area contributed by atoms with Crippen LogP contribution in [0.4, 0.5) is 0 Å². The summed E-state index contributed by atoms with van der Waals surface area (Å²) in [4.78, 5) is 36.6. The fourth-order valence-electron chi connectivity index (χ4n) is 2.45. The summed E-state index contributed by atoms with van der Waals surface area (Å²) in [6.07, 6.45) is 0.233. The predicted molar refractivity (Wildman–Crippen MR) is 76.5 cm³/mol. The van der Waals surface area contributed by atoms with E-state index >= 15 is 0 Å². The zero-order chi connectivity index (χ0) is 15.8. The molecule has 0 aliphatic carbocycles. The van der Waals surface area contributed by atoms with Crippen LogP contribution in [0.3, 0.4) is 0 Å². The SMILES string of the molecule is CC(C)C1(C)CC(=O)N(Cc2ccc(C(=O)O)cc2)C1=O. The van der Waals surface area contributed by atoms with Crippen molar-refractivity contribution in [3.8, 4) is 0 Å². The molecular formula is C16H19NO4. The fraction of sp³-hybridized carbons (Fsp3) is 0.438. The molecule has 21 heavy (non-hydrogen) atoms. The smallest absolute Gasteiger partial charge is 0.335 e. The van der Waals surface area contributed by atoms with Gasteiger partial charge >= 0.3 is 5.97 Å². The van der Waals surface area contributed by atoms with Crippen LogP contribution in [0, 0.1) is 11.3 Å². The van der Waals surface area contributed by atoms with E-state index in [4.69, 9.17) is 5.11 Å². The number of hydrogen-bond donors (Lipinski definition) is 1. The van der Waals surface area contributed by atoms with Crippen molar-refractivity contribution in [2.45, 2.75) is 33.7 Å². The quantitative estimate of drug-likeness (QED) is 0.863. The Labute approximate surface area is 123 Å². The van der Waals surface area contributed by atoms with Crippen LogP contribution in [0.15, 0.2) is 24.3 Å². The number of carboxylic acids is 1. The third-order valence-electron chi connectivity index (χ3n) is 4.37. The van der Waals surface area contributed by atoms with Gasteiger partial charge in [0, 0.05) is 6.42 Å². The predicted octanol–water partition coefficient (Wildman–Crippen LogP) is 2.31. The van der Waals surface area contributed by atoms with Crippen molar-refractivity contribution in [3.63, 3.8) is 0 Å². The number of amides is 2. The van der Waals surface area contributed by atoms with Gasteiger partial charge in [-0.25, -0.2) is 4.79 Å². The van der Waals surface area contributed by atoms with E-state index in [1.165, 1.54) is 17.0 Å². The number of nitrogens with zero attached hydrogens (tertiary/aromatic N) is 1. The first-order valence-corrected chi connectivity index (χ1v) is 6.92. The second-order valence-corrected chi connectivity index (χ2v) is 6.04. The third kappa shape index (κ3) is 2.68. The molecule has 1 fully saturated rings. The van der Waals surface area contributed by atoms with Gasteiger partial charge < -0.3 is 5.11 Å². The minimum atomic E-state index is -0.998. The molecule has 0 saturated carbocycles. The molecule has 2 rings (SSSR count).